The fourth-order valence-corrected chi connectivity index (χ4v) is 3.56. The summed E-state index contributed by atoms with van der Waals surface area (Å²) >= 11 is 0. The molecule has 0 saturated carbocycles. The highest BCUT2D eigenvalue weighted by atomic mass is 19.1. The average molecular weight is 292 g/mol. The maximum atomic E-state index is 13.0. The number of benzene rings is 1. The van der Waals surface area contributed by atoms with Gasteiger partial charge in [0.05, 0.1) is 0 Å². The zero-order valence-electron chi connectivity index (χ0n) is 12.1. The fourth-order valence-electron chi connectivity index (χ4n) is 3.56. The van der Waals surface area contributed by atoms with Crippen LogP contribution >= 0.6 is 0 Å². The van der Waals surface area contributed by atoms with E-state index >= 15 is 0 Å². The van der Waals surface area contributed by atoms with Crippen LogP contribution in [0.15, 0.2) is 24.3 Å². The molecule has 2 aliphatic rings. The highest BCUT2D eigenvalue weighted by Crippen LogP contribution is 2.42. The van der Waals surface area contributed by atoms with Crippen LogP contribution in [0.4, 0.5) is 14.9 Å². The van der Waals surface area contributed by atoms with E-state index in [1.54, 1.807) is 0 Å². The standard InChI is InChI=1S/C16H21FN2O2/c17-13-1-3-14(4-2-13)18-9-5-16(6-10-18)7-11-19(12-8-16)15(20)21/h1-4H,5-12H2,(H,20,21). The topological polar surface area (TPSA) is 43.8 Å². The summed E-state index contributed by atoms with van der Waals surface area (Å²) in [6.45, 7) is 3.26. The van der Waals surface area contributed by atoms with Gasteiger partial charge in [0.15, 0.2) is 0 Å². The molecule has 0 atom stereocenters. The highest BCUT2D eigenvalue weighted by molar-refractivity contribution is 5.65. The van der Waals surface area contributed by atoms with E-state index in [0.29, 0.717) is 18.5 Å². The average Bonchev–Trinajstić information content (AvgIpc) is 2.50. The summed E-state index contributed by atoms with van der Waals surface area (Å²) in [4.78, 5) is 14.8. The van der Waals surface area contributed by atoms with E-state index in [-0.39, 0.29) is 5.82 Å². The second-order valence-corrected chi connectivity index (χ2v) is 6.23. The van der Waals surface area contributed by atoms with Crippen LogP contribution in [0.25, 0.3) is 0 Å². The number of likely N-dealkylation sites (tertiary alicyclic amines) is 1. The van der Waals surface area contributed by atoms with Crippen molar-refractivity contribution < 1.29 is 14.3 Å². The summed E-state index contributed by atoms with van der Waals surface area (Å²) in [5.74, 6) is -0.201. The third-order valence-electron chi connectivity index (χ3n) is 5.11. The van der Waals surface area contributed by atoms with E-state index in [4.69, 9.17) is 5.11 Å². The predicted molar refractivity (Wildman–Crippen MR) is 79.1 cm³/mol. The molecule has 2 aliphatic heterocycles. The third kappa shape index (κ3) is 2.96. The Hall–Kier alpha value is -1.78. The molecule has 2 saturated heterocycles. The van der Waals surface area contributed by atoms with Crippen molar-refractivity contribution in [2.75, 3.05) is 31.1 Å². The molecule has 2 heterocycles. The molecule has 1 aromatic carbocycles. The van der Waals surface area contributed by atoms with Crippen LogP contribution < -0.4 is 4.90 Å². The normalized spacial score (nSPS) is 21.6. The van der Waals surface area contributed by atoms with Crippen LogP contribution in [0.3, 0.4) is 0 Å². The molecule has 21 heavy (non-hydrogen) atoms. The van der Waals surface area contributed by atoms with Crippen LogP contribution in [-0.4, -0.2) is 42.3 Å². The first-order valence-electron chi connectivity index (χ1n) is 7.56. The van der Waals surface area contributed by atoms with E-state index in [9.17, 15) is 9.18 Å². The summed E-state index contributed by atoms with van der Waals surface area (Å²) in [5, 5.41) is 9.03. The Bertz CT molecular complexity index is 500. The third-order valence-corrected chi connectivity index (χ3v) is 5.11. The largest absolute Gasteiger partial charge is 0.465 e. The fraction of sp³-hybridized carbons (Fsp3) is 0.562. The Morgan fingerprint density at radius 1 is 1.00 bits per heavy atom. The van der Waals surface area contributed by atoms with Gasteiger partial charge in [-0.1, -0.05) is 0 Å². The van der Waals surface area contributed by atoms with Crippen molar-refractivity contribution in [1.82, 2.24) is 4.90 Å². The van der Waals surface area contributed by atoms with E-state index in [1.807, 2.05) is 12.1 Å². The van der Waals surface area contributed by atoms with Crippen LogP contribution in [0.1, 0.15) is 25.7 Å². The van der Waals surface area contributed by atoms with Crippen molar-refractivity contribution in [1.29, 1.82) is 0 Å². The lowest BCUT2D eigenvalue weighted by atomic mass is 9.71. The highest BCUT2D eigenvalue weighted by Gasteiger charge is 2.38. The van der Waals surface area contributed by atoms with E-state index in [2.05, 4.69) is 4.90 Å². The number of hydrogen-bond acceptors (Lipinski definition) is 2. The van der Waals surface area contributed by atoms with Crippen molar-refractivity contribution in [2.24, 2.45) is 5.41 Å². The lowest BCUT2D eigenvalue weighted by Gasteiger charge is -2.46. The number of rotatable bonds is 1. The molecule has 4 nitrogen and oxygen atoms in total. The van der Waals surface area contributed by atoms with Crippen molar-refractivity contribution in [3.63, 3.8) is 0 Å². The van der Waals surface area contributed by atoms with Crippen LogP contribution in [0.5, 0.6) is 0 Å². The Morgan fingerprint density at radius 3 is 2.05 bits per heavy atom. The number of carbonyl (C=O) groups is 1. The smallest absolute Gasteiger partial charge is 0.407 e. The van der Waals surface area contributed by atoms with Gasteiger partial charge in [0.2, 0.25) is 0 Å². The maximum absolute atomic E-state index is 13.0. The zero-order valence-corrected chi connectivity index (χ0v) is 12.1. The molecule has 0 aromatic heterocycles. The summed E-state index contributed by atoms with van der Waals surface area (Å²) in [6.07, 6.45) is 3.33. The minimum Gasteiger partial charge on any atom is -0.465 e. The molecule has 1 aromatic rings. The Kier molecular flexibility index (Phi) is 3.74. The van der Waals surface area contributed by atoms with Gasteiger partial charge >= 0.3 is 6.09 Å². The molecule has 3 rings (SSSR count). The van der Waals surface area contributed by atoms with Crippen molar-refractivity contribution in [3.8, 4) is 0 Å². The second-order valence-electron chi connectivity index (χ2n) is 6.23. The first-order chi connectivity index (χ1) is 10.1. The number of halogens is 1. The number of nitrogens with zero attached hydrogens (tertiary/aromatic N) is 2. The van der Waals surface area contributed by atoms with Gasteiger partial charge in [-0.15, -0.1) is 0 Å². The Morgan fingerprint density at radius 2 is 1.52 bits per heavy atom. The monoisotopic (exact) mass is 292 g/mol. The SMILES string of the molecule is O=C(O)N1CCC2(CC1)CCN(c1ccc(F)cc1)CC2. The van der Waals surface area contributed by atoms with Gasteiger partial charge in [-0.2, -0.15) is 0 Å². The molecule has 0 unspecified atom stereocenters. The molecule has 5 heteroatoms. The molecule has 0 aliphatic carbocycles. The quantitative estimate of drug-likeness (QED) is 0.864. The number of anilines is 1. The first kappa shape index (κ1) is 14.2. The molecule has 2 fully saturated rings. The minimum atomic E-state index is -0.798. The number of hydrogen-bond donors (Lipinski definition) is 1. The lowest BCUT2D eigenvalue weighted by molar-refractivity contribution is 0.0736. The van der Waals surface area contributed by atoms with Gasteiger partial charge in [0, 0.05) is 31.9 Å². The van der Waals surface area contributed by atoms with E-state index < -0.39 is 6.09 Å². The van der Waals surface area contributed by atoms with Gasteiger partial charge in [0.25, 0.3) is 0 Å². The maximum Gasteiger partial charge on any atom is 0.407 e. The van der Waals surface area contributed by atoms with Gasteiger partial charge in [-0.25, -0.2) is 9.18 Å². The summed E-state index contributed by atoms with van der Waals surface area (Å²) in [5.41, 5.74) is 1.39. The van der Waals surface area contributed by atoms with Crippen molar-refractivity contribution in [3.05, 3.63) is 30.1 Å². The first-order valence-corrected chi connectivity index (χ1v) is 7.56. The molecule has 0 bridgehead atoms. The molecular formula is C16H21FN2O2. The lowest BCUT2D eigenvalue weighted by Crippen LogP contribution is -2.48. The number of amides is 1. The van der Waals surface area contributed by atoms with Gasteiger partial charge in [-0.3, -0.25) is 0 Å². The zero-order chi connectivity index (χ0) is 14.9. The van der Waals surface area contributed by atoms with Gasteiger partial charge in [-0.05, 0) is 55.4 Å². The van der Waals surface area contributed by atoms with Crippen LogP contribution in [0, 0.1) is 11.2 Å². The van der Waals surface area contributed by atoms with Gasteiger partial charge < -0.3 is 14.9 Å². The predicted octanol–water partition coefficient (Wildman–Crippen LogP) is 3.19. The molecule has 0 radical (unpaired) electrons. The minimum absolute atomic E-state index is 0.201. The van der Waals surface area contributed by atoms with Crippen LogP contribution in [0.2, 0.25) is 0 Å². The molecule has 1 spiro atoms. The van der Waals surface area contributed by atoms with E-state index in [0.717, 1.165) is 44.5 Å². The molecule has 1 N–H and O–H groups in total. The number of carboxylic acid groups (broad SMARTS) is 1. The summed E-state index contributed by atoms with van der Waals surface area (Å²) < 4.78 is 13.0. The summed E-state index contributed by atoms with van der Waals surface area (Å²) in [6, 6.07) is 6.68. The van der Waals surface area contributed by atoms with Crippen molar-refractivity contribution >= 4 is 11.8 Å². The Balaban J connectivity index is 1.58. The number of piperidine rings is 2. The van der Waals surface area contributed by atoms with Crippen molar-refractivity contribution in [2.45, 2.75) is 25.7 Å². The Labute approximate surface area is 124 Å². The molecular weight excluding hydrogens is 271 g/mol. The van der Waals surface area contributed by atoms with Gasteiger partial charge in [0.1, 0.15) is 5.82 Å². The molecule has 114 valence electrons. The van der Waals surface area contributed by atoms with E-state index in [1.165, 1.54) is 17.0 Å². The summed E-state index contributed by atoms with van der Waals surface area (Å²) in [7, 11) is 0. The molecule has 1 amide bonds. The van der Waals surface area contributed by atoms with Crippen LogP contribution in [-0.2, 0) is 0 Å². The second kappa shape index (κ2) is 5.54.